The summed E-state index contributed by atoms with van der Waals surface area (Å²) in [6.07, 6.45) is -0.771. The third kappa shape index (κ3) is 3.77. The quantitative estimate of drug-likeness (QED) is 0.867. The molecule has 0 saturated heterocycles. The maximum atomic E-state index is 10.0. The van der Waals surface area contributed by atoms with Gasteiger partial charge in [-0.1, -0.05) is 17.7 Å². The smallest absolute Gasteiger partial charge is 0.213 e. The summed E-state index contributed by atoms with van der Waals surface area (Å²) in [5, 5.41) is 20.8. The van der Waals surface area contributed by atoms with Gasteiger partial charge >= 0.3 is 0 Å². The summed E-state index contributed by atoms with van der Waals surface area (Å²) in [6.45, 7) is 0.260. The zero-order chi connectivity index (χ0) is 13.7. The molecule has 1 atom stereocenters. The molecule has 7 heteroatoms. The number of aliphatic hydroxyl groups is 1. The van der Waals surface area contributed by atoms with Crippen molar-refractivity contribution in [3.05, 3.63) is 41.2 Å². The van der Waals surface area contributed by atoms with E-state index in [1.165, 1.54) is 7.11 Å². The minimum absolute atomic E-state index is 0.260. The van der Waals surface area contributed by atoms with Gasteiger partial charge in [0.25, 0.3) is 0 Å². The predicted molar refractivity (Wildman–Crippen MR) is 71.3 cm³/mol. The highest BCUT2D eigenvalue weighted by Crippen LogP contribution is 2.15. The van der Waals surface area contributed by atoms with Crippen LogP contribution < -0.4 is 10.1 Å². The van der Waals surface area contributed by atoms with Gasteiger partial charge in [0, 0.05) is 12.6 Å². The Kier molecular flexibility index (Phi) is 4.48. The zero-order valence-corrected chi connectivity index (χ0v) is 11.0. The molecule has 0 amide bonds. The SMILES string of the molecule is COc1cccc(C(O)CNc2ccc(Cl)nn2)n1. The lowest BCUT2D eigenvalue weighted by atomic mass is 10.2. The number of anilines is 1. The van der Waals surface area contributed by atoms with Crippen LogP contribution in [0, 0.1) is 0 Å². The van der Waals surface area contributed by atoms with Crippen molar-refractivity contribution >= 4 is 17.4 Å². The van der Waals surface area contributed by atoms with Crippen LogP contribution in [-0.4, -0.2) is 33.9 Å². The van der Waals surface area contributed by atoms with Gasteiger partial charge in [0.1, 0.15) is 11.9 Å². The number of halogens is 1. The summed E-state index contributed by atoms with van der Waals surface area (Å²) in [6, 6.07) is 8.51. The Labute approximate surface area is 115 Å². The van der Waals surface area contributed by atoms with Crippen molar-refractivity contribution in [1.82, 2.24) is 15.2 Å². The van der Waals surface area contributed by atoms with Crippen LogP contribution in [0.4, 0.5) is 5.82 Å². The Morgan fingerprint density at radius 1 is 1.32 bits per heavy atom. The van der Waals surface area contributed by atoms with Gasteiger partial charge < -0.3 is 15.2 Å². The summed E-state index contributed by atoms with van der Waals surface area (Å²) >= 11 is 5.63. The number of aliphatic hydroxyl groups excluding tert-OH is 1. The molecule has 19 heavy (non-hydrogen) atoms. The van der Waals surface area contributed by atoms with Crippen LogP contribution in [0.2, 0.25) is 5.15 Å². The third-order valence-electron chi connectivity index (χ3n) is 2.40. The summed E-state index contributed by atoms with van der Waals surface area (Å²) in [4.78, 5) is 4.15. The van der Waals surface area contributed by atoms with Gasteiger partial charge in [0.15, 0.2) is 5.15 Å². The second-order valence-electron chi connectivity index (χ2n) is 3.74. The first-order valence-electron chi connectivity index (χ1n) is 5.61. The molecule has 2 aromatic heterocycles. The van der Waals surface area contributed by atoms with Crippen LogP contribution in [0.15, 0.2) is 30.3 Å². The van der Waals surface area contributed by atoms with Crippen LogP contribution in [0.25, 0.3) is 0 Å². The molecule has 2 N–H and O–H groups in total. The van der Waals surface area contributed by atoms with Gasteiger partial charge in [-0.25, -0.2) is 4.98 Å². The highest BCUT2D eigenvalue weighted by atomic mass is 35.5. The van der Waals surface area contributed by atoms with Gasteiger partial charge in [0.05, 0.1) is 12.8 Å². The van der Waals surface area contributed by atoms with E-state index in [-0.39, 0.29) is 6.54 Å². The van der Waals surface area contributed by atoms with E-state index >= 15 is 0 Å². The van der Waals surface area contributed by atoms with E-state index in [0.717, 1.165) is 0 Å². The first-order chi connectivity index (χ1) is 9.19. The van der Waals surface area contributed by atoms with E-state index in [0.29, 0.717) is 22.5 Å². The molecule has 0 bridgehead atoms. The number of methoxy groups -OCH3 is 1. The number of ether oxygens (including phenoxy) is 1. The molecular formula is C12H13ClN4O2. The van der Waals surface area contributed by atoms with E-state index < -0.39 is 6.10 Å². The van der Waals surface area contributed by atoms with Crippen molar-refractivity contribution in [3.63, 3.8) is 0 Å². The van der Waals surface area contributed by atoms with Crippen molar-refractivity contribution < 1.29 is 9.84 Å². The number of hydrogen-bond acceptors (Lipinski definition) is 6. The fourth-order valence-electron chi connectivity index (χ4n) is 1.45. The van der Waals surface area contributed by atoms with Gasteiger partial charge in [-0.2, -0.15) is 0 Å². The molecular weight excluding hydrogens is 268 g/mol. The molecule has 0 radical (unpaired) electrons. The first-order valence-corrected chi connectivity index (χ1v) is 5.99. The highest BCUT2D eigenvalue weighted by Gasteiger charge is 2.10. The van der Waals surface area contributed by atoms with Crippen LogP contribution in [0.5, 0.6) is 5.88 Å². The first kappa shape index (κ1) is 13.5. The number of aromatic nitrogens is 3. The van der Waals surface area contributed by atoms with Crippen molar-refractivity contribution in [2.45, 2.75) is 6.10 Å². The Hall–Kier alpha value is -1.92. The highest BCUT2D eigenvalue weighted by molar-refractivity contribution is 6.29. The lowest BCUT2D eigenvalue weighted by Gasteiger charge is -2.12. The fourth-order valence-corrected chi connectivity index (χ4v) is 1.55. The number of rotatable bonds is 5. The molecule has 0 spiro atoms. The Balaban J connectivity index is 1.96. The predicted octanol–water partition coefficient (Wildman–Crippen LogP) is 1.68. The normalized spacial score (nSPS) is 11.9. The lowest BCUT2D eigenvalue weighted by molar-refractivity contribution is 0.185. The van der Waals surface area contributed by atoms with E-state index in [1.807, 2.05) is 0 Å². The van der Waals surface area contributed by atoms with E-state index in [2.05, 4.69) is 20.5 Å². The van der Waals surface area contributed by atoms with Crippen LogP contribution in [0.3, 0.4) is 0 Å². The lowest BCUT2D eigenvalue weighted by Crippen LogP contribution is -2.14. The van der Waals surface area contributed by atoms with Crippen LogP contribution in [0.1, 0.15) is 11.8 Å². The van der Waals surface area contributed by atoms with Crippen molar-refractivity contribution in [2.75, 3.05) is 19.0 Å². The summed E-state index contributed by atoms with van der Waals surface area (Å²) < 4.78 is 5.00. The van der Waals surface area contributed by atoms with Crippen LogP contribution >= 0.6 is 11.6 Å². The molecule has 2 rings (SSSR count). The van der Waals surface area contributed by atoms with Gasteiger partial charge in [-0.05, 0) is 18.2 Å². The monoisotopic (exact) mass is 280 g/mol. The van der Waals surface area contributed by atoms with Gasteiger partial charge in [-0.3, -0.25) is 0 Å². The molecule has 1 unspecified atom stereocenters. The van der Waals surface area contributed by atoms with E-state index in [9.17, 15) is 5.11 Å². The van der Waals surface area contributed by atoms with E-state index in [4.69, 9.17) is 16.3 Å². The zero-order valence-electron chi connectivity index (χ0n) is 10.2. The molecule has 2 aromatic rings. The third-order valence-corrected chi connectivity index (χ3v) is 2.61. The molecule has 0 aliphatic heterocycles. The second-order valence-corrected chi connectivity index (χ2v) is 4.13. The largest absolute Gasteiger partial charge is 0.481 e. The molecule has 6 nitrogen and oxygen atoms in total. The molecule has 100 valence electrons. The minimum Gasteiger partial charge on any atom is -0.481 e. The van der Waals surface area contributed by atoms with Crippen LogP contribution in [-0.2, 0) is 0 Å². The van der Waals surface area contributed by atoms with E-state index in [1.54, 1.807) is 30.3 Å². The second kappa shape index (κ2) is 6.31. The Morgan fingerprint density at radius 3 is 2.84 bits per heavy atom. The minimum atomic E-state index is -0.771. The number of pyridine rings is 1. The Bertz CT molecular complexity index is 536. The van der Waals surface area contributed by atoms with Crippen molar-refractivity contribution in [1.29, 1.82) is 0 Å². The molecule has 0 fully saturated rings. The molecule has 0 aromatic carbocycles. The summed E-state index contributed by atoms with van der Waals surface area (Å²) in [5.74, 6) is 0.995. The molecule has 0 aliphatic carbocycles. The molecule has 2 heterocycles. The maximum Gasteiger partial charge on any atom is 0.213 e. The average molecular weight is 281 g/mol. The standard InChI is InChI=1S/C12H13ClN4O2/c1-19-12-4-2-3-8(15-12)9(18)7-14-11-6-5-10(13)16-17-11/h2-6,9,18H,7H2,1H3,(H,14,17). The topological polar surface area (TPSA) is 80.2 Å². The number of hydrogen-bond donors (Lipinski definition) is 2. The number of nitrogens with one attached hydrogen (secondary N) is 1. The average Bonchev–Trinajstić information content (AvgIpc) is 2.46. The number of nitrogens with zero attached hydrogens (tertiary/aromatic N) is 3. The molecule has 0 aliphatic rings. The fraction of sp³-hybridized carbons (Fsp3) is 0.250. The van der Waals surface area contributed by atoms with Crippen molar-refractivity contribution in [3.8, 4) is 5.88 Å². The molecule has 0 saturated carbocycles. The maximum absolute atomic E-state index is 10.0. The van der Waals surface area contributed by atoms with Gasteiger partial charge in [0.2, 0.25) is 5.88 Å². The summed E-state index contributed by atoms with van der Waals surface area (Å²) in [5.41, 5.74) is 0.522. The van der Waals surface area contributed by atoms with Crippen molar-refractivity contribution in [2.24, 2.45) is 0 Å². The summed E-state index contributed by atoms with van der Waals surface area (Å²) in [7, 11) is 1.53. The van der Waals surface area contributed by atoms with Gasteiger partial charge in [-0.15, -0.1) is 10.2 Å². The Morgan fingerprint density at radius 2 is 2.16 bits per heavy atom.